The number of hydrogen-bond acceptors (Lipinski definition) is 8. The molecule has 0 radical (unpaired) electrons. The van der Waals surface area contributed by atoms with Crippen LogP contribution in [0.2, 0.25) is 10.0 Å². The van der Waals surface area contributed by atoms with Gasteiger partial charge < -0.3 is 40.4 Å². The van der Waals surface area contributed by atoms with Crippen molar-refractivity contribution in [3.05, 3.63) is 93.5 Å². The van der Waals surface area contributed by atoms with Gasteiger partial charge in [-0.25, -0.2) is 14.4 Å². The van der Waals surface area contributed by atoms with Gasteiger partial charge in [-0.1, -0.05) is 67.2 Å². The van der Waals surface area contributed by atoms with Gasteiger partial charge in [-0.3, -0.25) is 9.59 Å². The molecule has 0 aliphatic carbocycles. The molecule has 0 aromatic heterocycles. The Bertz CT molecular complexity index is 1700. The fraction of sp³-hybridized carbons (Fsp3) is 0.395. The smallest absolute Gasteiger partial charge is 0.408 e. The molecule has 13 nitrogen and oxygen atoms in total. The van der Waals surface area contributed by atoms with E-state index in [2.05, 4.69) is 16.0 Å². The highest BCUT2D eigenvalue weighted by atomic mass is 35.5. The van der Waals surface area contributed by atoms with Gasteiger partial charge in [-0.2, -0.15) is 0 Å². The molecule has 3 amide bonds. The highest BCUT2D eigenvalue weighted by Crippen LogP contribution is 2.24. The topological polar surface area (TPSA) is 190 Å². The van der Waals surface area contributed by atoms with Crippen LogP contribution in [-0.4, -0.2) is 77.0 Å². The Labute approximate surface area is 318 Å². The first-order valence-electron chi connectivity index (χ1n) is 17.0. The number of carbonyl (C=O) groups excluding carboxylic acids is 3. The number of nitrogens with one attached hydrogen (secondary N) is 3. The number of carboxylic acids is 2. The predicted octanol–water partition coefficient (Wildman–Crippen LogP) is 5.81. The molecule has 3 rings (SSSR count). The number of carbonyl (C=O) groups is 5. The van der Waals surface area contributed by atoms with Crippen molar-refractivity contribution in [2.75, 3.05) is 13.2 Å². The molecule has 0 aliphatic heterocycles. The van der Waals surface area contributed by atoms with Crippen molar-refractivity contribution in [2.45, 2.75) is 83.6 Å². The lowest BCUT2D eigenvalue weighted by atomic mass is 10.0. The van der Waals surface area contributed by atoms with Crippen molar-refractivity contribution in [3.8, 4) is 11.5 Å². The molecule has 0 saturated heterocycles. The summed E-state index contributed by atoms with van der Waals surface area (Å²) in [5.41, 5.74) is 1.46. The Morgan fingerprint density at radius 2 is 1.40 bits per heavy atom. The molecule has 0 spiro atoms. The summed E-state index contributed by atoms with van der Waals surface area (Å²) < 4.78 is 16.4. The van der Waals surface area contributed by atoms with Gasteiger partial charge in [-0.15, -0.1) is 0 Å². The van der Waals surface area contributed by atoms with Crippen LogP contribution >= 0.6 is 23.2 Å². The zero-order valence-electron chi connectivity index (χ0n) is 29.9. The van der Waals surface area contributed by atoms with E-state index in [0.29, 0.717) is 34.3 Å². The zero-order chi connectivity index (χ0) is 39.1. The van der Waals surface area contributed by atoms with E-state index in [1.54, 1.807) is 51.1 Å². The van der Waals surface area contributed by atoms with E-state index in [9.17, 15) is 24.0 Å². The molecule has 0 aliphatic rings. The molecule has 0 bridgehead atoms. The van der Waals surface area contributed by atoms with Crippen molar-refractivity contribution < 1.29 is 48.4 Å². The van der Waals surface area contributed by atoms with Crippen molar-refractivity contribution in [2.24, 2.45) is 0 Å². The van der Waals surface area contributed by atoms with Crippen LogP contribution in [0.3, 0.4) is 0 Å². The largest absolute Gasteiger partial charge is 0.491 e. The molecule has 0 unspecified atom stereocenters. The Hall–Kier alpha value is -5.01. The number of aliphatic carboxylic acids is 2. The summed E-state index contributed by atoms with van der Waals surface area (Å²) >= 11 is 12.4. The number of rotatable bonds is 19. The number of halogens is 2. The van der Waals surface area contributed by atoms with Crippen LogP contribution in [0.5, 0.6) is 11.5 Å². The van der Waals surface area contributed by atoms with Crippen LogP contribution in [0.25, 0.3) is 0 Å². The molecule has 5 N–H and O–H groups in total. The number of amides is 3. The second kappa shape index (κ2) is 20.3. The molecule has 53 heavy (non-hydrogen) atoms. The van der Waals surface area contributed by atoms with Crippen LogP contribution in [0.1, 0.15) is 63.6 Å². The summed E-state index contributed by atoms with van der Waals surface area (Å²) in [6.45, 7) is 7.12. The van der Waals surface area contributed by atoms with E-state index in [-0.39, 0.29) is 18.8 Å². The van der Waals surface area contributed by atoms with E-state index in [4.69, 9.17) is 47.6 Å². The van der Waals surface area contributed by atoms with E-state index in [1.807, 2.05) is 19.1 Å². The van der Waals surface area contributed by atoms with Gasteiger partial charge >= 0.3 is 18.0 Å². The van der Waals surface area contributed by atoms with Gasteiger partial charge in [0, 0.05) is 23.0 Å². The summed E-state index contributed by atoms with van der Waals surface area (Å²) in [6, 6.07) is 15.7. The number of hydrogen-bond donors (Lipinski definition) is 5. The first-order valence-corrected chi connectivity index (χ1v) is 17.7. The molecular weight excluding hydrogens is 729 g/mol. The average molecular weight is 775 g/mol. The maximum atomic E-state index is 13.8. The van der Waals surface area contributed by atoms with Crippen molar-refractivity contribution in [3.63, 3.8) is 0 Å². The lowest BCUT2D eigenvalue weighted by Gasteiger charge is -2.25. The Kier molecular flexibility index (Phi) is 16.2. The first kappa shape index (κ1) is 42.4. The molecule has 2 atom stereocenters. The number of ether oxygens (including phenoxy) is 3. The maximum Gasteiger partial charge on any atom is 0.408 e. The van der Waals surface area contributed by atoms with Gasteiger partial charge in [0.1, 0.15) is 35.8 Å². The predicted molar refractivity (Wildman–Crippen MR) is 199 cm³/mol. The van der Waals surface area contributed by atoms with Gasteiger partial charge in [0.2, 0.25) is 11.8 Å². The maximum absolute atomic E-state index is 13.8. The third-order valence-electron chi connectivity index (χ3n) is 7.53. The number of alkyl carbamates (subject to hydrolysis) is 1. The molecule has 15 heteroatoms. The minimum absolute atomic E-state index is 0.00889. The highest BCUT2D eigenvalue weighted by Gasteiger charge is 2.30. The van der Waals surface area contributed by atoms with Crippen molar-refractivity contribution in [1.82, 2.24) is 16.0 Å². The quantitative estimate of drug-likeness (QED) is 0.0735. The fourth-order valence-electron chi connectivity index (χ4n) is 4.89. The van der Waals surface area contributed by atoms with Crippen molar-refractivity contribution in [1.29, 1.82) is 0 Å². The SMILES string of the molecule is CCCCCNC(=O)[C@H](Cc1ccc(OC(C(=O)O)C(=O)O)cc1)NC(=O)[C@H](COc1ccc(Cc2cc(Cl)ccc2Cl)cc1)NC(=O)OC(C)(C)C. The lowest BCUT2D eigenvalue weighted by molar-refractivity contribution is -0.159. The molecule has 286 valence electrons. The monoisotopic (exact) mass is 773 g/mol. The number of benzene rings is 3. The van der Waals surface area contributed by atoms with Crippen molar-refractivity contribution >= 4 is 53.0 Å². The normalized spacial score (nSPS) is 12.3. The van der Waals surface area contributed by atoms with Gasteiger partial charge in [-0.05, 0) is 92.8 Å². The summed E-state index contributed by atoms with van der Waals surface area (Å²) in [6.07, 6.45) is 0.0907. The van der Waals surface area contributed by atoms with Gasteiger partial charge in [0.25, 0.3) is 6.10 Å². The first-order chi connectivity index (χ1) is 25.0. The summed E-state index contributed by atoms with van der Waals surface area (Å²) in [5.74, 6) is -4.14. The van der Waals surface area contributed by atoms with Crippen LogP contribution < -0.4 is 25.4 Å². The molecule has 0 fully saturated rings. The molecule has 3 aromatic rings. The average Bonchev–Trinajstić information content (AvgIpc) is 3.08. The summed E-state index contributed by atoms with van der Waals surface area (Å²) in [4.78, 5) is 62.4. The van der Waals surface area contributed by atoms with Gasteiger partial charge in [0.05, 0.1) is 0 Å². The van der Waals surface area contributed by atoms with E-state index in [1.165, 1.54) is 24.3 Å². The standard InChI is InChI=1S/C38H45Cl2N3O10/c1-5-6-7-18-41-33(44)30(20-24-10-15-28(16-11-24)52-32(35(46)47)36(48)49)42-34(45)31(43-37(50)53-38(2,3)4)22-51-27-13-8-23(9-14-27)19-25-21-26(39)12-17-29(25)40/h8-17,21,30-32H,5-7,18-20,22H2,1-4H3,(H,41,44)(H,42,45)(H,43,50)(H,46,47)(H,48,49)/t30-,31-/m0/s1. The molecule has 0 heterocycles. The zero-order valence-corrected chi connectivity index (χ0v) is 31.5. The minimum Gasteiger partial charge on any atom is -0.491 e. The third kappa shape index (κ3) is 14.9. The minimum atomic E-state index is -2.11. The van der Waals surface area contributed by atoms with Crippen LogP contribution in [0, 0.1) is 0 Å². The van der Waals surface area contributed by atoms with E-state index < -0.39 is 53.6 Å². The summed E-state index contributed by atoms with van der Waals surface area (Å²) in [5, 5.41) is 27.5. The van der Waals surface area contributed by atoms with Crippen LogP contribution in [0.4, 0.5) is 4.79 Å². The van der Waals surface area contributed by atoms with E-state index >= 15 is 0 Å². The Morgan fingerprint density at radius 1 is 0.774 bits per heavy atom. The highest BCUT2D eigenvalue weighted by molar-refractivity contribution is 6.33. The Balaban J connectivity index is 1.78. The molecule has 0 saturated carbocycles. The Morgan fingerprint density at radius 3 is 2.00 bits per heavy atom. The third-order valence-corrected chi connectivity index (χ3v) is 8.13. The second-order valence-corrected chi connectivity index (χ2v) is 14.0. The van der Waals surface area contributed by atoms with Crippen LogP contribution in [-0.2, 0) is 36.8 Å². The lowest BCUT2D eigenvalue weighted by Crippen LogP contribution is -2.56. The second-order valence-electron chi connectivity index (χ2n) is 13.1. The fourth-order valence-corrected chi connectivity index (χ4v) is 5.27. The molecule has 3 aromatic carbocycles. The van der Waals surface area contributed by atoms with Crippen LogP contribution in [0.15, 0.2) is 66.7 Å². The number of carboxylic acid groups (broad SMARTS) is 2. The summed E-state index contributed by atoms with van der Waals surface area (Å²) in [7, 11) is 0. The van der Waals surface area contributed by atoms with E-state index in [0.717, 1.165) is 30.4 Å². The number of unbranched alkanes of at least 4 members (excludes halogenated alkanes) is 2. The molecular formula is C38H45Cl2N3O10. The van der Waals surface area contributed by atoms with Gasteiger partial charge in [0.15, 0.2) is 0 Å².